The van der Waals surface area contributed by atoms with Gasteiger partial charge in [0.05, 0.1) is 4.90 Å². The normalized spacial score (nSPS) is 15.8. The molecule has 1 aliphatic carbocycles. The van der Waals surface area contributed by atoms with E-state index < -0.39 is 10.0 Å². The molecule has 1 aliphatic rings. The molecular weight excluding hydrogens is 296 g/mol. The van der Waals surface area contributed by atoms with Gasteiger partial charge in [-0.15, -0.1) is 0 Å². The molecule has 0 radical (unpaired) electrons. The van der Waals surface area contributed by atoms with Crippen molar-refractivity contribution in [3.05, 3.63) is 28.3 Å². The van der Waals surface area contributed by atoms with Crippen LogP contribution in [0.1, 0.15) is 37.3 Å². The van der Waals surface area contributed by atoms with Crippen LogP contribution < -0.4 is 5.73 Å². The van der Waals surface area contributed by atoms with E-state index >= 15 is 0 Å². The van der Waals surface area contributed by atoms with Gasteiger partial charge >= 0.3 is 0 Å². The minimum Gasteiger partial charge on any atom is -0.326 e. The smallest absolute Gasteiger partial charge is 0.243 e. The maximum absolute atomic E-state index is 12.9. The predicted molar refractivity (Wildman–Crippen MR) is 81.3 cm³/mol. The van der Waals surface area contributed by atoms with Crippen LogP contribution >= 0.6 is 11.6 Å². The Hall–Kier alpha value is -0.620. The zero-order valence-corrected chi connectivity index (χ0v) is 13.5. The van der Waals surface area contributed by atoms with Crippen molar-refractivity contribution in [2.75, 3.05) is 6.54 Å². The molecule has 1 saturated carbocycles. The molecule has 0 spiro atoms. The number of halogens is 1. The number of rotatable bonds is 6. The number of benzene rings is 1. The summed E-state index contributed by atoms with van der Waals surface area (Å²) < 4.78 is 27.4. The van der Waals surface area contributed by atoms with Crippen LogP contribution in [0.15, 0.2) is 17.0 Å². The van der Waals surface area contributed by atoms with Crippen molar-refractivity contribution in [2.45, 2.75) is 50.6 Å². The van der Waals surface area contributed by atoms with Gasteiger partial charge in [-0.2, -0.15) is 4.31 Å². The van der Waals surface area contributed by atoms with Crippen LogP contribution in [0.5, 0.6) is 0 Å². The summed E-state index contributed by atoms with van der Waals surface area (Å²) in [6.07, 6.45) is 2.70. The van der Waals surface area contributed by atoms with Gasteiger partial charge in [0.15, 0.2) is 0 Å². The van der Waals surface area contributed by atoms with Crippen LogP contribution in [-0.2, 0) is 16.6 Å². The third kappa shape index (κ3) is 3.01. The standard InChI is InChI=1S/C14H21ClN2O2S/c1-3-6-17(13-4-5-13)20(18,19)14-8-12(15)7-11(9-16)10(14)2/h7-8,13H,3-6,9,16H2,1-2H3. The molecule has 20 heavy (non-hydrogen) atoms. The molecule has 0 saturated heterocycles. The molecule has 0 aliphatic heterocycles. The van der Waals surface area contributed by atoms with Gasteiger partial charge < -0.3 is 5.73 Å². The van der Waals surface area contributed by atoms with Gasteiger partial charge in [0, 0.05) is 24.2 Å². The van der Waals surface area contributed by atoms with Crippen LogP contribution in [0.25, 0.3) is 0 Å². The van der Waals surface area contributed by atoms with Gasteiger partial charge in [0.2, 0.25) is 10.0 Å². The molecule has 2 rings (SSSR count). The molecule has 0 atom stereocenters. The van der Waals surface area contributed by atoms with Gasteiger partial charge in [-0.1, -0.05) is 18.5 Å². The molecule has 1 aromatic carbocycles. The summed E-state index contributed by atoms with van der Waals surface area (Å²) in [4.78, 5) is 0.297. The Kier molecular flexibility index (Phi) is 4.74. The maximum Gasteiger partial charge on any atom is 0.243 e. The molecule has 0 amide bonds. The summed E-state index contributed by atoms with van der Waals surface area (Å²) in [7, 11) is -3.49. The largest absolute Gasteiger partial charge is 0.326 e. The minimum atomic E-state index is -3.49. The Morgan fingerprint density at radius 3 is 2.55 bits per heavy atom. The average molecular weight is 317 g/mol. The lowest BCUT2D eigenvalue weighted by Crippen LogP contribution is -2.34. The van der Waals surface area contributed by atoms with Gasteiger partial charge in [0.25, 0.3) is 0 Å². The fraction of sp³-hybridized carbons (Fsp3) is 0.571. The Labute approximate surface area is 126 Å². The van der Waals surface area contributed by atoms with E-state index in [0.29, 0.717) is 22.0 Å². The van der Waals surface area contributed by atoms with E-state index in [4.69, 9.17) is 17.3 Å². The molecule has 0 aromatic heterocycles. The maximum atomic E-state index is 12.9. The van der Waals surface area contributed by atoms with Gasteiger partial charge in [-0.05, 0) is 49.4 Å². The predicted octanol–water partition coefficient (Wildman–Crippen LogP) is 2.67. The third-order valence-electron chi connectivity index (χ3n) is 3.64. The molecule has 0 unspecified atom stereocenters. The molecule has 1 aromatic rings. The summed E-state index contributed by atoms with van der Waals surface area (Å²) in [5, 5.41) is 0.418. The molecule has 6 heteroatoms. The second kappa shape index (κ2) is 6.02. The monoisotopic (exact) mass is 316 g/mol. The van der Waals surface area contributed by atoms with E-state index in [2.05, 4.69) is 0 Å². The van der Waals surface area contributed by atoms with E-state index in [9.17, 15) is 8.42 Å². The highest BCUT2D eigenvalue weighted by Gasteiger charge is 2.38. The summed E-state index contributed by atoms with van der Waals surface area (Å²) in [6.45, 7) is 4.62. The van der Waals surface area contributed by atoms with E-state index in [0.717, 1.165) is 24.8 Å². The Morgan fingerprint density at radius 1 is 1.40 bits per heavy atom. The van der Waals surface area contributed by atoms with Crippen LogP contribution in [0.3, 0.4) is 0 Å². The summed E-state index contributed by atoms with van der Waals surface area (Å²) in [5.41, 5.74) is 7.16. The van der Waals surface area contributed by atoms with E-state index in [1.807, 2.05) is 6.92 Å². The van der Waals surface area contributed by atoms with Crippen molar-refractivity contribution >= 4 is 21.6 Å². The lowest BCUT2D eigenvalue weighted by Gasteiger charge is -2.23. The molecule has 2 N–H and O–H groups in total. The zero-order valence-electron chi connectivity index (χ0n) is 11.9. The second-order valence-corrected chi connectivity index (χ2v) is 7.53. The van der Waals surface area contributed by atoms with Crippen molar-refractivity contribution in [2.24, 2.45) is 5.73 Å². The number of hydrogen-bond acceptors (Lipinski definition) is 3. The van der Waals surface area contributed by atoms with Crippen LogP contribution in [0.2, 0.25) is 5.02 Å². The number of nitrogens with zero attached hydrogens (tertiary/aromatic N) is 1. The SMILES string of the molecule is CCCN(C1CC1)S(=O)(=O)c1cc(Cl)cc(CN)c1C. The van der Waals surface area contributed by atoms with E-state index in [1.165, 1.54) is 6.07 Å². The molecule has 0 bridgehead atoms. The number of nitrogens with two attached hydrogens (primary N) is 1. The molecule has 112 valence electrons. The van der Waals surface area contributed by atoms with Crippen molar-refractivity contribution in [1.82, 2.24) is 4.31 Å². The molecule has 0 heterocycles. The van der Waals surface area contributed by atoms with Crippen LogP contribution in [-0.4, -0.2) is 25.3 Å². The summed E-state index contributed by atoms with van der Waals surface area (Å²) in [5.74, 6) is 0. The second-order valence-electron chi connectivity index (χ2n) is 5.24. The molecular formula is C14H21ClN2O2S. The first-order chi connectivity index (χ1) is 9.41. The van der Waals surface area contributed by atoms with Gasteiger partial charge in [-0.25, -0.2) is 8.42 Å². The first-order valence-corrected chi connectivity index (χ1v) is 8.74. The molecule has 1 fully saturated rings. The Balaban J connectivity index is 2.50. The fourth-order valence-corrected chi connectivity index (χ4v) is 4.77. The zero-order chi connectivity index (χ0) is 14.9. The highest BCUT2D eigenvalue weighted by Crippen LogP contribution is 2.34. The minimum absolute atomic E-state index is 0.152. The highest BCUT2D eigenvalue weighted by atomic mass is 35.5. The van der Waals surface area contributed by atoms with Crippen molar-refractivity contribution in [1.29, 1.82) is 0 Å². The molecule has 4 nitrogen and oxygen atoms in total. The fourth-order valence-electron chi connectivity index (χ4n) is 2.40. The van der Waals surface area contributed by atoms with Crippen molar-refractivity contribution < 1.29 is 8.42 Å². The van der Waals surface area contributed by atoms with Crippen molar-refractivity contribution in [3.8, 4) is 0 Å². The topological polar surface area (TPSA) is 63.4 Å². The Bertz CT molecular complexity index is 597. The van der Waals surface area contributed by atoms with Gasteiger partial charge in [0.1, 0.15) is 0 Å². The van der Waals surface area contributed by atoms with Crippen molar-refractivity contribution in [3.63, 3.8) is 0 Å². The van der Waals surface area contributed by atoms with Crippen LogP contribution in [0, 0.1) is 6.92 Å². The highest BCUT2D eigenvalue weighted by molar-refractivity contribution is 7.89. The third-order valence-corrected chi connectivity index (χ3v) is 5.93. The Morgan fingerprint density at radius 2 is 2.05 bits per heavy atom. The van der Waals surface area contributed by atoms with Gasteiger partial charge in [-0.3, -0.25) is 0 Å². The summed E-state index contributed by atoms with van der Waals surface area (Å²) >= 11 is 6.05. The number of sulfonamides is 1. The summed E-state index contributed by atoms with van der Waals surface area (Å²) in [6, 6.07) is 3.42. The van der Waals surface area contributed by atoms with E-state index in [1.54, 1.807) is 17.3 Å². The lowest BCUT2D eigenvalue weighted by molar-refractivity contribution is 0.403. The first kappa shape index (κ1) is 15.8. The first-order valence-electron chi connectivity index (χ1n) is 6.92. The lowest BCUT2D eigenvalue weighted by atomic mass is 10.1. The van der Waals surface area contributed by atoms with Crippen LogP contribution in [0.4, 0.5) is 0 Å². The number of hydrogen-bond donors (Lipinski definition) is 1. The van der Waals surface area contributed by atoms with E-state index in [-0.39, 0.29) is 12.6 Å². The average Bonchev–Trinajstić information content (AvgIpc) is 3.22. The quantitative estimate of drug-likeness (QED) is 0.877.